The van der Waals surface area contributed by atoms with E-state index >= 15 is 0 Å². The minimum Gasteiger partial charge on any atom is -0.399 e. The predicted octanol–water partition coefficient (Wildman–Crippen LogP) is 1.87. The van der Waals surface area contributed by atoms with Gasteiger partial charge in [-0.1, -0.05) is 13.8 Å². The molecule has 1 rings (SSSR count). The molecule has 0 aliphatic carbocycles. The molecule has 0 unspecified atom stereocenters. The Balaban J connectivity index is 2.99. The van der Waals surface area contributed by atoms with Gasteiger partial charge in [-0.3, -0.25) is 0 Å². The van der Waals surface area contributed by atoms with Crippen LogP contribution in [-0.2, 0) is 10.0 Å². The average Bonchev–Trinajstić information content (AvgIpc) is 2.13. The highest BCUT2D eigenvalue weighted by Crippen LogP contribution is 2.21. The molecule has 0 atom stereocenters. The summed E-state index contributed by atoms with van der Waals surface area (Å²) >= 11 is 0. The number of nitrogens with one attached hydrogen (secondary N) is 1. The molecule has 0 aromatic heterocycles. The van der Waals surface area contributed by atoms with E-state index in [4.69, 9.17) is 5.73 Å². The van der Waals surface area contributed by atoms with Crippen molar-refractivity contribution in [2.45, 2.75) is 25.2 Å². The Morgan fingerprint density at radius 2 is 1.78 bits per heavy atom. The third kappa shape index (κ3) is 3.64. The van der Waals surface area contributed by atoms with Crippen LogP contribution in [0.2, 0.25) is 0 Å². The first-order valence-electron chi connectivity index (χ1n) is 5.48. The van der Waals surface area contributed by atoms with E-state index in [-0.39, 0.29) is 18.2 Å². The van der Waals surface area contributed by atoms with E-state index < -0.39 is 26.6 Å². The second kappa shape index (κ2) is 5.62. The maximum Gasteiger partial charge on any atom is 0.246 e. The lowest BCUT2D eigenvalue weighted by molar-refractivity contribution is 0.509. The molecule has 1 aromatic rings. The fraction of sp³-hybridized carbons (Fsp3) is 0.455. The first-order valence-corrected chi connectivity index (χ1v) is 6.96. The summed E-state index contributed by atoms with van der Waals surface area (Å²) in [5.74, 6) is -2.09. The van der Waals surface area contributed by atoms with Crippen LogP contribution in [0.3, 0.4) is 0 Å². The second-order valence-corrected chi connectivity index (χ2v) is 6.10. The molecular formula is C11H16F2N2O2S. The van der Waals surface area contributed by atoms with Crippen molar-refractivity contribution in [3.05, 3.63) is 23.8 Å². The molecule has 0 amide bonds. The summed E-state index contributed by atoms with van der Waals surface area (Å²) in [6.07, 6.45) is 0.581. The Morgan fingerprint density at radius 1 is 1.28 bits per heavy atom. The molecular weight excluding hydrogens is 262 g/mol. The van der Waals surface area contributed by atoms with Crippen LogP contribution in [0, 0.1) is 17.6 Å². The van der Waals surface area contributed by atoms with Gasteiger partial charge in [-0.15, -0.1) is 0 Å². The maximum atomic E-state index is 13.5. The lowest BCUT2D eigenvalue weighted by Crippen LogP contribution is -2.27. The number of halogens is 2. The zero-order valence-electron chi connectivity index (χ0n) is 10.2. The number of nitrogens with two attached hydrogens (primary N) is 1. The van der Waals surface area contributed by atoms with Gasteiger partial charge in [0.1, 0.15) is 11.6 Å². The van der Waals surface area contributed by atoms with E-state index in [9.17, 15) is 17.2 Å². The van der Waals surface area contributed by atoms with Gasteiger partial charge in [-0.2, -0.15) is 0 Å². The highest BCUT2D eigenvalue weighted by Gasteiger charge is 2.24. The predicted molar refractivity (Wildman–Crippen MR) is 65.4 cm³/mol. The van der Waals surface area contributed by atoms with Gasteiger partial charge < -0.3 is 5.73 Å². The molecule has 0 spiro atoms. The number of sulfonamides is 1. The minimum absolute atomic E-state index is 0.128. The van der Waals surface area contributed by atoms with Crippen LogP contribution in [0.4, 0.5) is 14.5 Å². The highest BCUT2D eigenvalue weighted by molar-refractivity contribution is 7.89. The number of rotatable bonds is 5. The van der Waals surface area contributed by atoms with Crippen molar-refractivity contribution in [1.29, 1.82) is 0 Å². The highest BCUT2D eigenvalue weighted by atomic mass is 32.2. The smallest absolute Gasteiger partial charge is 0.246 e. The molecule has 4 nitrogen and oxygen atoms in total. The first-order chi connectivity index (χ1) is 8.24. The zero-order valence-corrected chi connectivity index (χ0v) is 11.0. The van der Waals surface area contributed by atoms with Crippen LogP contribution < -0.4 is 10.5 Å². The van der Waals surface area contributed by atoms with E-state index in [1.165, 1.54) is 0 Å². The summed E-state index contributed by atoms with van der Waals surface area (Å²) in [7, 11) is -4.19. The van der Waals surface area contributed by atoms with Crippen molar-refractivity contribution >= 4 is 15.7 Å². The van der Waals surface area contributed by atoms with Gasteiger partial charge in [-0.05, 0) is 24.5 Å². The second-order valence-electron chi connectivity index (χ2n) is 4.39. The molecule has 18 heavy (non-hydrogen) atoms. The Kier molecular flexibility index (Phi) is 4.64. The van der Waals surface area contributed by atoms with Crippen molar-refractivity contribution < 1.29 is 17.2 Å². The molecule has 0 heterocycles. The van der Waals surface area contributed by atoms with Crippen molar-refractivity contribution in [2.24, 2.45) is 5.92 Å². The summed E-state index contributed by atoms with van der Waals surface area (Å²) < 4.78 is 52.5. The molecule has 0 saturated heterocycles. The van der Waals surface area contributed by atoms with Gasteiger partial charge in [0, 0.05) is 12.2 Å². The van der Waals surface area contributed by atoms with Gasteiger partial charge in [0.25, 0.3) is 0 Å². The van der Waals surface area contributed by atoms with Gasteiger partial charge >= 0.3 is 0 Å². The number of hydrogen-bond acceptors (Lipinski definition) is 3. The standard InChI is InChI=1S/C11H16F2N2O2S/c1-7(2)3-4-15-18(16,17)11-9(12)5-8(14)6-10(11)13/h5-7,15H,3-4,14H2,1-2H3. The van der Waals surface area contributed by atoms with Crippen molar-refractivity contribution in [3.8, 4) is 0 Å². The van der Waals surface area contributed by atoms with Gasteiger partial charge in [0.2, 0.25) is 10.0 Å². The quantitative estimate of drug-likeness (QED) is 0.808. The number of anilines is 1. The number of nitrogen functional groups attached to an aromatic ring is 1. The third-order valence-electron chi connectivity index (χ3n) is 2.30. The van der Waals surface area contributed by atoms with E-state index in [0.717, 1.165) is 12.1 Å². The Bertz CT molecular complexity index is 507. The Morgan fingerprint density at radius 3 is 2.22 bits per heavy atom. The van der Waals surface area contributed by atoms with Crippen LogP contribution in [0.1, 0.15) is 20.3 Å². The molecule has 0 radical (unpaired) electrons. The zero-order chi connectivity index (χ0) is 13.9. The van der Waals surface area contributed by atoms with Gasteiger partial charge in [0.15, 0.2) is 4.90 Å². The van der Waals surface area contributed by atoms with Crippen molar-refractivity contribution in [1.82, 2.24) is 4.72 Å². The number of hydrogen-bond donors (Lipinski definition) is 2. The lowest BCUT2D eigenvalue weighted by atomic mass is 10.1. The van der Waals surface area contributed by atoms with Gasteiger partial charge in [0.05, 0.1) is 0 Å². The fourth-order valence-electron chi connectivity index (χ4n) is 1.39. The average molecular weight is 278 g/mol. The topological polar surface area (TPSA) is 72.2 Å². The summed E-state index contributed by atoms with van der Waals surface area (Å²) in [6.45, 7) is 3.96. The van der Waals surface area contributed by atoms with Crippen LogP contribution in [0.25, 0.3) is 0 Å². The molecule has 0 bridgehead atoms. The van der Waals surface area contributed by atoms with Crippen LogP contribution in [0.15, 0.2) is 17.0 Å². The SMILES string of the molecule is CC(C)CCNS(=O)(=O)c1c(F)cc(N)cc1F. The molecule has 3 N–H and O–H groups in total. The summed E-state index contributed by atoms with van der Waals surface area (Å²) in [4.78, 5) is -0.986. The van der Waals surface area contributed by atoms with E-state index in [1.54, 1.807) is 0 Å². The molecule has 0 fully saturated rings. The van der Waals surface area contributed by atoms with Crippen LogP contribution >= 0.6 is 0 Å². The van der Waals surface area contributed by atoms with E-state index in [1.807, 2.05) is 13.8 Å². The molecule has 1 aromatic carbocycles. The molecule has 0 saturated carbocycles. The largest absolute Gasteiger partial charge is 0.399 e. The van der Waals surface area contributed by atoms with Gasteiger partial charge in [-0.25, -0.2) is 21.9 Å². The lowest BCUT2D eigenvalue weighted by Gasteiger charge is -2.10. The minimum atomic E-state index is -4.19. The number of benzene rings is 1. The Hall–Kier alpha value is -1.21. The van der Waals surface area contributed by atoms with Crippen molar-refractivity contribution in [3.63, 3.8) is 0 Å². The molecule has 102 valence electrons. The summed E-state index contributed by atoms with van der Waals surface area (Å²) in [5, 5.41) is 0. The molecule has 0 aliphatic rings. The van der Waals surface area contributed by atoms with E-state index in [2.05, 4.69) is 4.72 Å². The molecule has 0 aliphatic heterocycles. The summed E-state index contributed by atoms with van der Waals surface area (Å²) in [5.41, 5.74) is 5.06. The monoisotopic (exact) mass is 278 g/mol. The fourth-order valence-corrected chi connectivity index (χ4v) is 2.55. The van der Waals surface area contributed by atoms with E-state index in [0.29, 0.717) is 6.42 Å². The maximum absolute atomic E-state index is 13.5. The first kappa shape index (κ1) is 14.8. The molecule has 7 heteroatoms. The van der Waals surface area contributed by atoms with Crippen LogP contribution in [0.5, 0.6) is 0 Å². The Labute approximate surface area is 105 Å². The van der Waals surface area contributed by atoms with Crippen molar-refractivity contribution in [2.75, 3.05) is 12.3 Å². The summed E-state index contributed by atoms with van der Waals surface area (Å²) in [6, 6.07) is 1.56. The van der Waals surface area contributed by atoms with Crippen LogP contribution in [-0.4, -0.2) is 15.0 Å². The third-order valence-corrected chi connectivity index (χ3v) is 3.81. The normalized spacial score (nSPS) is 12.1.